The third kappa shape index (κ3) is 2.56. The van der Waals surface area contributed by atoms with E-state index in [4.69, 9.17) is 10.7 Å². The van der Waals surface area contributed by atoms with E-state index in [1.165, 1.54) is 16.2 Å². The highest BCUT2D eigenvalue weighted by atomic mass is 32.1. The summed E-state index contributed by atoms with van der Waals surface area (Å²) in [4.78, 5) is 6.22. The number of fused-ring (bicyclic) bond motifs is 1. The van der Waals surface area contributed by atoms with E-state index >= 15 is 0 Å². The van der Waals surface area contributed by atoms with E-state index in [0.29, 0.717) is 6.04 Å². The zero-order valence-electron chi connectivity index (χ0n) is 12.5. The Morgan fingerprint density at radius 2 is 2.14 bits per heavy atom. The van der Waals surface area contributed by atoms with Crippen LogP contribution in [0.4, 0.5) is 5.69 Å². The molecule has 2 aromatic heterocycles. The summed E-state index contributed by atoms with van der Waals surface area (Å²) in [7, 11) is 0. The van der Waals surface area contributed by atoms with Crippen molar-refractivity contribution in [2.45, 2.75) is 39.2 Å². The Hall–Kier alpha value is -1.81. The molecule has 3 aromatic rings. The van der Waals surface area contributed by atoms with E-state index in [9.17, 15) is 0 Å². The lowest BCUT2D eigenvalue weighted by atomic mass is 10.1. The summed E-state index contributed by atoms with van der Waals surface area (Å²) in [5.41, 5.74) is 8.89. The van der Waals surface area contributed by atoms with Crippen LogP contribution < -0.4 is 5.73 Å². The molecule has 0 amide bonds. The molecule has 0 aliphatic heterocycles. The monoisotopic (exact) mass is 299 g/mol. The third-order valence-electron chi connectivity index (χ3n) is 3.83. The molecule has 0 spiro atoms. The molecular formula is C17H21N3S. The molecule has 4 heteroatoms. The number of nitrogen functional groups attached to an aromatic ring is 1. The zero-order valence-corrected chi connectivity index (χ0v) is 13.4. The molecule has 0 radical (unpaired) electrons. The molecule has 0 aliphatic rings. The molecule has 0 aliphatic carbocycles. The molecule has 1 atom stereocenters. The van der Waals surface area contributed by atoms with Gasteiger partial charge in [0.2, 0.25) is 0 Å². The van der Waals surface area contributed by atoms with Crippen LogP contribution in [0.15, 0.2) is 35.7 Å². The number of hydrogen-bond donors (Lipinski definition) is 1. The van der Waals surface area contributed by atoms with Gasteiger partial charge in [0.05, 0.1) is 17.1 Å². The number of hydrogen-bond acceptors (Lipinski definition) is 3. The minimum atomic E-state index is 0.361. The van der Waals surface area contributed by atoms with Crippen molar-refractivity contribution < 1.29 is 0 Å². The molecule has 110 valence electrons. The van der Waals surface area contributed by atoms with Crippen LogP contribution in [-0.2, 0) is 6.42 Å². The number of aryl methyl sites for hydroxylation is 1. The van der Waals surface area contributed by atoms with Gasteiger partial charge in [-0.05, 0) is 42.5 Å². The first-order chi connectivity index (χ1) is 10.2. The fraction of sp³-hybridized carbons (Fsp3) is 0.353. The van der Waals surface area contributed by atoms with Gasteiger partial charge in [-0.1, -0.05) is 19.9 Å². The maximum atomic E-state index is 5.91. The summed E-state index contributed by atoms with van der Waals surface area (Å²) in [6, 6.07) is 10.8. The van der Waals surface area contributed by atoms with Gasteiger partial charge in [-0.3, -0.25) is 0 Å². The number of anilines is 1. The first-order valence-corrected chi connectivity index (χ1v) is 8.42. The molecule has 0 saturated heterocycles. The third-order valence-corrected chi connectivity index (χ3v) is 4.80. The minimum Gasteiger partial charge on any atom is -0.399 e. The number of aromatic nitrogens is 2. The van der Waals surface area contributed by atoms with Crippen molar-refractivity contribution >= 4 is 28.1 Å². The van der Waals surface area contributed by atoms with E-state index in [1.807, 2.05) is 23.5 Å². The van der Waals surface area contributed by atoms with Gasteiger partial charge in [0.15, 0.2) is 0 Å². The highest BCUT2D eigenvalue weighted by Gasteiger charge is 2.19. The number of imidazole rings is 1. The molecule has 3 nitrogen and oxygen atoms in total. The summed E-state index contributed by atoms with van der Waals surface area (Å²) < 4.78 is 2.41. The van der Waals surface area contributed by atoms with E-state index in [0.717, 1.165) is 30.5 Å². The average Bonchev–Trinajstić information content (AvgIpc) is 3.09. The predicted molar refractivity (Wildman–Crippen MR) is 90.9 cm³/mol. The topological polar surface area (TPSA) is 43.8 Å². The Balaban J connectivity index is 2.20. The summed E-state index contributed by atoms with van der Waals surface area (Å²) in [6.45, 7) is 4.44. The fourth-order valence-electron chi connectivity index (χ4n) is 2.91. The lowest BCUT2D eigenvalue weighted by molar-refractivity contribution is 0.560. The molecule has 1 unspecified atom stereocenters. The summed E-state index contributed by atoms with van der Waals surface area (Å²) in [6.07, 6.45) is 3.16. The fourth-order valence-corrected chi connectivity index (χ4v) is 3.81. The molecule has 2 N–H and O–H groups in total. The first-order valence-electron chi connectivity index (χ1n) is 7.54. The summed E-state index contributed by atoms with van der Waals surface area (Å²) in [5, 5.41) is 2.15. The largest absolute Gasteiger partial charge is 0.399 e. The number of rotatable bonds is 5. The molecule has 2 heterocycles. The van der Waals surface area contributed by atoms with Gasteiger partial charge in [0, 0.05) is 17.0 Å². The van der Waals surface area contributed by atoms with E-state index in [1.54, 1.807) is 0 Å². The average molecular weight is 299 g/mol. The zero-order chi connectivity index (χ0) is 14.8. The Labute approximate surface area is 129 Å². The van der Waals surface area contributed by atoms with Crippen molar-refractivity contribution in [3.05, 3.63) is 46.4 Å². The number of benzene rings is 1. The predicted octanol–water partition coefficient (Wildman–Crippen LogP) is 4.63. The number of nitrogens with zero attached hydrogens (tertiary/aromatic N) is 2. The number of nitrogens with two attached hydrogens (primary N) is 1. The molecule has 0 fully saturated rings. The highest BCUT2D eigenvalue weighted by Crippen LogP contribution is 2.32. The minimum absolute atomic E-state index is 0.361. The van der Waals surface area contributed by atoms with E-state index in [-0.39, 0.29) is 0 Å². The maximum absolute atomic E-state index is 5.91. The van der Waals surface area contributed by atoms with Crippen LogP contribution in [0.2, 0.25) is 0 Å². The summed E-state index contributed by atoms with van der Waals surface area (Å²) in [5.74, 6) is 1.17. The van der Waals surface area contributed by atoms with Crippen molar-refractivity contribution in [3.63, 3.8) is 0 Å². The van der Waals surface area contributed by atoms with E-state index in [2.05, 4.69) is 42.0 Å². The van der Waals surface area contributed by atoms with Gasteiger partial charge in [-0.25, -0.2) is 4.98 Å². The van der Waals surface area contributed by atoms with Crippen LogP contribution in [0.3, 0.4) is 0 Å². The van der Waals surface area contributed by atoms with E-state index < -0.39 is 0 Å². The van der Waals surface area contributed by atoms with Gasteiger partial charge < -0.3 is 10.3 Å². The standard InChI is InChI=1S/C17H21N3S/c1-3-6-17-19-13-11-12(18)8-9-15(13)20(17)14(4-2)16-7-5-10-21-16/h5,7-11,14H,3-4,6,18H2,1-2H3. The smallest absolute Gasteiger partial charge is 0.110 e. The van der Waals surface area contributed by atoms with Crippen molar-refractivity contribution in [2.24, 2.45) is 0 Å². The molecular weight excluding hydrogens is 278 g/mol. The second-order valence-corrected chi connectivity index (χ2v) is 6.31. The molecule has 0 bridgehead atoms. The van der Waals surface area contributed by atoms with Gasteiger partial charge in [-0.2, -0.15) is 0 Å². The molecule has 0 saturated carbocycles. The van der Waals surface area contributed by atoms with Crippen LogP contribution in [-0.4, -0.2) is 9.55 Å². The van der Waals surface area contributed by atoms with Crippen molar-refractivity contribution in [2.75, 3.05) is 5.73 Å². The van der Waals surface area contributed by atoms with Crippen LogP contribution in [0.5, 0.6) is 0 Å². The second-order valence-electron chi connectivity index (χ2n) is 5.34. The van der Waals surface area contributed by atoms with Crippen molar-refractivity contribution in [1.29, 1.82) is 0 Å². The molecule has 1 aromatic carbocycles. The molecule has 21 heavy (non-hydrogen) atoms. The Morgan fingerprint density at radius 3 is 2.81 bits per heavy atom. The molecule has 3 rings (SSSR count). The first kappa shape index (κ1) is 14.1. The normalized spacial score (nSPS) is 12.9. The quantitative estimate of drug-likeness (QED) is 0.698. The Bertz CT molecular complexity index is 728. The van der Waals surface area contributed by atoms with Crippen LogP contribution in [0, 0.1) is 0 Å². The van der Waals surface area contributed by atoms with Gasteiger partial charge in [0.25, 0.3) is 0 Å². The van der Waals surface area contributed by atoms with Crippen molar-refractivity contribution in [3.8, 4) is 0 Å². The lowest BCUT2D eigenvalue weighted by Gasteiger charge is -2.19. The van der Waals surface area contributed by atoms with Crippen LogP contribution >= 0.6 is 11.3 Å². The van der Waals surface area contributed by atoms with Gasteiger partial charge in [-0.15, -0.1) is 11.3 Å². The van der Waals surface area contributed by atoms with Gasteiger partial charge >= 0.3 is 0 Å². The van der Waals surface area contributed by atoms with Crippen molar-refractivity contribution in [1.82, 2.24) is 9.55 Å². The SMILES string of the molecule is CCCc1nc2cc(N)ccc2n1C(CC)c1cccs1. The van der Waals surface area contributed by atoms with Gasteiger partial charge in [0.1, 0.15) is 5.82 Å². The number of thiophene rings is 1. The van der Waals surface area contributed by atoms with Crippen LogP contribution in [0.25, 0.3) is 11.0 Å². The Kier molecular flexibility index (Phi) is 3.97. The van der Waals surface area contributed by atoms with Crippen LogP contribution in [0.1, 0.15) is 43.4 Å². The Morgan fingerprint density at radius 1 is 1.29 bits per heavy atom. The second kappa shape index (κ2) is 5.90. The lowest BCUT2D eigenvalue weighted by Crippen LogP contribution is -2.12. The maximum Gasteiger partial charge on any atom is 0.110 e. The highest BCUT2D eigenvalue weighted by molar-refractivity contribution is 7.10. The summed E-state index contributed by atoms with van der Waals surface area (Å²) >= 11 is 1.82.